The summed E-state index contributed by atoms with van der Waals surface area (Å²) in [6.45, 7) is 8.56. The molecular formula is C15H30O5. The fourth-order valence-corrected chi connectivity index (χ4v) is 1.42. The lowest BCUT2D eigenvalue weighted by molar-refractivity contribution is -0.0320. The Morgan fingerprint density at radius 2 is 1.55 bits per heavy atom. The van der Waals surface area contributed by atoms with E-state index in [0.29, 0.717) is 19.8 Å². The molecular weight excluding hydrogens is 260 g/mol. The number of carbonyl (C=O) groups is 1. The zero-order valence-corrected chi connectivity index (χ0v) is 13.2. The van der Waals surface area contributed by atoms with E-state index in [9.17, 15) is 4.79 Å². The van der Waals surface area contributed by atoms with Gasteiger partial charge in [-0.15, -0.1) is 0 Å². The van der Waals surface area contributed by atoms with Crippen LogP contribution in [0.3, 0.4) is 0 Å². The Balaban J connectivity index is 3.42. The van der Waals surface area contributed by atoms with Gasteiger partial charge in [-0.25, -0.2) is 4.79 Å². The molecule has 20 heavy (non-hydrogen) atoms. The average Bonchev–Trinajstić information content (AvgIpc) is 2.45. The van der Waals surface area contributed by atoms with Crippen LogP contribution in [-0.2, 0) is 18.9 Å². The van der Waals surface area contributed by atoms with Crippen molar-refractivity contribution in [2.24, 2.45) is 0 Å². The van der Waals surface area contributed by atoms with Crippen molar-refractivity contribution in [3.8, 4) is 0 Å². The predicted molar refractivity (Wildman–Crippen MR) is 78.0 cm³/mol. The molecule has 0 aliphatic carbocycles. The first kappa shape index (κ1) is 19.2. The van der Waals surface area contributed by atoms with Crippen LogP contribution in [0, 0.1) is 0 Å². The van der Waals surface area contributed by atoms with Crippen molar-refractivity contribution < 1.29 is 23.7 Å². The highest BCUT2D eigenvalue weighted by Crippen LogP contribution is 2.01. The Labute approximate surface area is 122 Å². The second-order valence-corrected chi connectivity index (χ2v) is 4.63. The van der Waals surface area contributed by atoms with Crippen LogP contribution in [0.4, 0.5) is 4.79 Å². The molecule has 0 aliphatic heterocycles. The van der Waals surface area contributed by atoms with Crippen molar-refractivity contribution in [1.29, 1.82) is 0 Å². The highest BCUT2D eigenvalue weighted by molar-refractivity contribution is 5.59. The Morgan fingerprint density at radius 1 is 0.900 bits per heavy atom. The van der Waals surface area contributed by atoms with Crippen molar-refractivity contribution in [2.75, 3.05) is 33.0 Å². The third-order valence-electron chi connectivity index (χ3n) is 2.78. The highest BCUT2D eigenvalue weighted by atomic mass is 16.7. The molecule has 0 rings (SSSR count). The van der Waals surface area contributed by atoms with Crippen molar-refractivity contribution in [2.45, 2.75) is 59.0 Å². The molecule has 0 N–H and O–H groups in total. The molecule has 0 saturated heterocycles. The van der Waals surface area contributed by atoms with Gasteiger partial charge in [0, 0.05) is 6.61 Å². The fourth-order valence-electron chi connectivity index (χ4n) is 1.42. The molecule has 120 valence electrons. The predicted octanol–water partition coefficient (Wildman–Crippen LogP) is 3.55. The molecule has 0 saturated carbocycles. The zero-order valence-electron chi connectivity index (χ0n) is 13.2. The zero-order chi connectivity index (χ0) is 15.1. The number of unbranched alkanes of at least 4 members (excludes halogenated alkanes) is 2. The van der Waals surface area contributed by atoms with E-state index < -0.39 is 6.16 Å². The number of hydrogen-bond acceptors (Lipinski definition) is 5. The van der Waals surface area contributed by atoms with E-state index in [-0.39, 0.29) is 12.7 Å². The van der Waals surface area contributed by atoms with Crippen LogP contribution < -0.4 is 0 Å². The topological polar surface area (TPSA) is 54.0 Å². The van der Waals surface area contributed by atoms with Gasteiger partial charge in [-0.2, -0.15) is 0 Å². The maximum atomic E-state index is 11.1. The van der Waals surface area contributed by atoms with Crippen LogP contribution in [0.2, 0.25) is 0 Å². The minimum Gasteiger partial charge on any atom is -0.434 e. The summed E-state index contributed by atoms with van der Waals surface area (Å²) in [5.41, 5.74) is 0. The van der Waals surface area contributed by atoms with E-state index in [1.807, 2.05) is 6.92 Å². The molecule has 0 radical (unpaired) electrons. The molecule has 5 nitrogen and oxygen atoms in total. The Hall–Kier alpha value is -0.810. The number of carbonyl (C=O) groups excluding carboxylic acids is 1. The fraction of sp³-hybridized carbons (Fsp3) is 0.933. The minimum absolute atomic E-state index is 0.123. The molecule has 0 heterocycles. The van der Waals surface area contributed by atoms with Gasteiger partial charge in [-0.3, -0.25) is 0 Å². The summed E-state index contributed by atoms with van der Waals surface area (Å²) in [7, 11) is 0. The third kappa shape index (κ3) is 12.2. The van der Waals surface area contributed by atoms with Gasteiger partial charge in [-0.1, -0.05) is 33.6 Å². The summed E-state index contributed by atoms with van der Waals surface area (Å²) in [5, 5.41) is 0. The van der Waals surface area contributed by atoms with Gasteiger partial charge < -0.3 is 18.9 Å². The van der Waals surface area contributed by atoms with E-state index >= 15 is 0 Å². The van der Waals surface area contributed by atoms with Gasteiger partial charge in [0.15, 0.2) is 0 Å². The van der Waals surface area contributed by atoms with Crippen molar-refractivity contribution in [1.82, 2.24) is 0 Å². The number of hydrogen-bond donors (Lipinski definition) is 0. The molecule has 0 aromatic heterocycles. The summed E-state index contributed by atoms with van der Waals surface area (Å²) in [4.78, 5) is 11.1. The molecule has 1 atom stereocenters. The summed E-state index contributed by atoms with van der Waals surface area (Å²) < 4.78 is 20.8. The van der Waals surface area contributed by atoms with E-state index in [1.54, 1.807) is 0 Å². The second kappa shape index (κ2) is 14.6. The third-order valence-corrected chi connectivity index (χ3v) is 2.78. The smallest absolute Gasteiger partial charge is 0.434 e. The molecule has 0 aromatic rings. The standard InChI is InChI=1S/C15H30O5/c1-4-7-9-18-14(6-3)13-17-11-12-20-15(16)19-10-8-5-2/h14H,4-13H2,1-3H3. The van der Waals surface area contributed by atoms with E-state index in [4.69, 9.17) is 18.9 Å². The summed E-state index contributed by atoms with van der Waals surface area (Å²) in [5.74, 6) is 0. The van der Waals surface area contributed by atoms with Crippen LogP contribution in [0.1, 0.15) is 52.9 Å². The highest BCUT2D eigenvalue weighted by Gasteiger charge is 2.07. The van der Waals surface area contributed by atoms with Gasteiger partial charge in [-0.05, 0) is 19.3 Å². The van der Waals surface area contributed by atoms with Crippen molar-refractivity contribution >= 4 is 6.16 Å². The minimum atomic E-state index is -0.617. The van der Waals surface area contributed by atoms with Crippen LogP contribution in [0.5, 0.6) is 0 Å². The van der Waals surface area contributed by atoms with Crippen LogP contribution in [0.25, 0.3) is 0 Å². The summed E-state index contributed by atoms with van der Waals surface area (Å²) >= 11 is 0. The lowest BCUT2D eigenvalue weighted by atomic mass is 10.3. The second-order valence-electron chi connectivity index (χ2n) is 4.63. The summed E-state index contributed by atoms with van der Waals surface area (Å²) in [6, 6.07) is 0. The molecule has 0 amide bonds. The summed E-state index contributed by atoms with van der Waals surface area (Å²) in [6.07, 6.45) is 4.48. The first-order valence-corrected chi connectivity index (χ1v) is 7.73. The van der Waals surface area contributed by atoms with Crippen molar-refractivity contribution in [3.05, 3.63) is 0 Å². The van der Waals surface area contributed by atoms with Gasteiger partial charge in [0.2, 0.25) is 0 Å². The Morgan fingerprint density at radius 3 is 2.20 bits per heavy atom. The molecule has 0 bridgehead atoms. The van der Waals surface area contributed by atoms with Gasteiger partial charge >= 0.3 is 6.16 Å². The molecule has 0 aliphatic rings. The largest absolute Gasteiger partial charge is 0.508 e. The van der Waals surface area contributed by atoms with E-state index in [2.05, 4.69) is 13.8 Å². The normalized spacial score (nSPS) is 12.2. The van der Waals surface area contributed by atoms with Crippen LogP contribution in [0.15, 0.2) is 0 Å². The van der Waals surface area contributed by atoms with E-state index in [0.717, 1.165) is 38.7 Å². The quantitative estimate of drug-likeness (QED) is 0.383. The first-order chi connectivity index (χ1) is 9.74. The van der Waals surface area contributed by atoms with Crippen molar-refractivity contribution in [3.63, 3.8) is 0 Å². The molecule has 0 spiro atoms. The lowest BCUT2D eigenvalue weighted by Crippen LogP contribution is -2.21. The molecule has 5 heteroatoms. The Bertz CT molecular complexity index is 220. The molecule has 1 unspecified atom stereocenters. The molecule has 0 aromatic carbocycles. The van der Waals surface area contributed by atoms with Crippen LogP contribution in [-0.4, -0.2) is 45.3 Å². The number of ether oxygens (including phenoxy) is 4. The SMILES string of the molecule is CCCCOC(=O)OCCOCC(CC)OCCCC. The molecule has 0 fully saturated rings. The Kier molecular flexibility index (Phi) is 14.0. The maximum absolute atomic E-state index is 11.1. The van der Waals surface area contributed by atoms with Crippen LogP contribution >= 0.6 is 0 Å². The maximum Gasteiger partial charge on any atom is 0.508 e. The average molecular weight is 290 g/mol. The first-order valence-electron chi connectivity index (χ1n) is 7.73. The van der Waals surface area contributed by atoms with Gasteiger partial charge in [0.25, 0.3) is 0 Å². The number of rotatable bonds is 13. The van der Waals surface area contributed by atoms with Gasteiger partial charge in [0.05, 0.1) is 25.9 Å². The monoisotopic (exact) mass is 290 g/mol. The van der Waals surface area contributed by atoms with E-state index in [1.165, 1.54) is 0 Å². The lowest BCUT2D eigenvalue weighted by Gasteiger charge is -2.16. The van der Waals surface area contributed by atoms with Gasteiger partial charge in [0.1, 0.15) is 6.61 Å².